The van der Waals surface area contributed by atoms with Crippen molar-refractivity contribution in [3.8, 4) is 0 Å². The van der Waals surface area contributed by atoms with Gasteiger partial charge in [-0.1, -0.05) is 6.08 Å². The minimum atomic E-state index is -0.0113. The van der Waals surface area contributed by atoms with Crippen LogP contribution in [0.5, 0.6) is 0 Å². The summed E-state index contributed by atoms with van der Waals surface area (Å²) in [6.45, 7) is 5.91. The van der Waals surface area contributed by atoms with Gasteiger partial charge < -0.3 is 10.0 Å². The predicted octanol–water partition coefficient (Wildman–Crippen LogP) is 1.27. The van der Waals surface area contributed by atoms with Crippen LogP contribution in [0.25, 0.3) is 0 Å². The van der Waals surface area contributed by atoms with Crippen molar-refractivity contribution >= 4 is 0 Å². The minimum Gasteiger partial charge on any atom is -0.393 e. The highest BCUT2D eigenvalue weighted by molar-refractivity contribution is 4.81. The Morgan fingerprint density at radius 1 is 1.58 bits per heavy atom. The van der Waals surface area contributed by atoms with E-state index in [1.54, 1.807) is 0 Å². The zero-order chi connectivity index (χ0) is 8.97. The molecule has 1 aliphatic rings. The number of nitrogens with zero attached hydrogens (tertiary/aromatic N) is 1. The molecule has 1 fully saturated rings. The van der Waals surface area contributed by atoms with E-state index in [0.717, 1.165) is 38.3 Å². The van der Waals surface area contributed by atoms with E-state index in [0.29, 0.717) is 0 Å². The maximum absolute atomic E-state index is 9.07. The largest absolute Gasteiger partial charge is 0.393 e. The molecule has 70 valence electrons. The lowest BCUT2D eigenvalue weighted by molar-refractivity contribution is 0.0286. The quantitative estimate of drug-likeness (QED) is 0.626. The van der Waals surface area contributed by atoms with Crippen LogP contribution in [0.2, 0.25) is 0 Å². The van der Waals surface area contributed by atoms with Crippen molar-refractivity contribution < 1.29 is 5.11 Å². The van der Waals surface area contributed by atoms with Gasteiger partial charge in [-0.05, 0) is 32.2 Å². The number of rotatable bonds is 5. The fourth-order valence-corrected chi connectivity index (χ4v) is 1.69. The van der Waals surface area contributed by atoms with E-state index in [9.17, 15) is 0 Å². The third kappa shape index (κ3) is 2.95. The van der Waals surface area contributed by atoms with Crippen molar-refractivity contribution in [3.05, 3.63) is 12.7 Å². The zero-order valence-corrected chi connectivity index (χ0v) is 7.87. The summed E-state index contributed by atoms with van der Waals surface area (Å²) >= 11 is 0. The van der Waals surface area contributed by atoms with Gasteiger partial charge in [0.1, 0.15) is 0 Å². The molecular weight excluding hydrogens is 150 g/mol. The smallest absolute Gasteiger partial charge is 0.0546 e. The van der Waals surface area contributed by atoms with Crippen LogP contribution in [0.3, 0.4) is 0 Å². The molecule has 0 bridgehead atoms. The lowest BCUT2D eigenvalue weighted by Crippen LogP contribution is -2.37. The summed E-state index contributed by atoms with van der Waals surface area (Å²) in [4.78, 5) is 2.32. The van der Waals surface area contributed by atoms with Gasteiger partial charge in [0, 0.05) is 13.1 Å². The monoisotopic (exact) mass is 169 g/mol. The Labute approximate surface area is 74.9 Å². The van der Waals surface area contributed by atoms with Gasteiger partial charge in [0.05, 0.1) is 6.10 Å². The number of hydrogen-bond acceptors (Lipinski definition) is 2. The Bertz CT molecular complexity index is 141. The number of aliphatic hydroxyl groups is 1. The molecule has 1 N–H and O–H groups in total. The number of aliphatic hydroxyl groups excluding tert-OH is 1. The standard InChI is InChI=1S/C10H19NO/c1-3-4-5-11(2)8-9-6-10(12)7-9/h3,9-10,12H,1,4-8H2,2H3. The molecule has 0 unspecified atom stereocenters. The Kier molecular flexibility index (Phi) is 3.76. The summed E-state index contributed by atoms with van der Waals surface area (Å²) in [5.41, 5.74) is 0. The first-order valence-corrected chi connectivity index (χ1v) is 4.70. The topological polar surface area (TPSA) is 23.5 Å². The van der Waals surface area contributed by atoms with Crippen molar-refractivity contribution in [3.63, 3.8) is 0 Å². The Morgan fingerprint density at radius 2 is 2.25 bits per heavy atom. The molecule has 0 saturated heterocycles. The lowest BCUT2D eigenvalue weighted by Gasteiger charge is -2.34. The maximum Gasteiger partial charge on any atom is 0.0546 e. The molecule has 0 amide bonds. The lowest BCUT2D eigenvalue weighted by atomic mass is 9.82. The van der Waals surface area contributed by atoms with Crippen LogP contribution in [0.15, 0.2) is 12.7 Å². The van der Waals surface area contributed by atoms with Gasteiger partial charge in [-0.2, -0.15) is 0 Å². The summed E-state index contributed by atoms with van der Waals surface area (Å²) in [5.74, 6) is 0.731. The molecule has 0 aromatic carbocycles. The zero-order valence-electron chi connectivity index (χ0n) is 7.87. The second-order valence-electron chi connectivity index (χ2n) is 3.83. The second-order valence-corrected chi connectivity index (χ2v) is 3.83. The first-order valence-electron chi connectivity index (χ1n) is 4.70. The van der Waals surface area contributed by atoms with Gasteiger partial charge in [-0.25, -0.2) is 0 Å². The van der Waals surface area contributed by atoms with Crippen molar-refractivity contribution in [2.24, 2.45) is 5.92 Å². The van der Waals surface area contributed by atoms with Gasteiger partial charge in [-0.15, -0.1) is 6.58 Å². The average molecular weight is 169 g/mol. The first kappa shape index (κ1) is 9.75. The van der Waals surface area contributed by atoms with E-state index in [4.69, 9.17) is 5.11 Å². The SMILES string of the molecule is C=CCCN(C)CC1CC(O)C1. The van der Waals surface area contributed by atoms with E-state index in [2.05, 4.69) is 18.5 Å². The van der Waals surface area contributed by atoms with E-state index in [1.165, 1.54) is 0 Å². The fourth-order valence-electron chi connectivity index (χ4n) is 1.69. The van der Waals surface area contributed by atoms with E-state index in [-0.39, 0.29) is 6.10 Å². The Morgan fingerprint density at radius 3 is 2.75 bits per heavy atom. The second kappa shape index (κ2) is 4.63. The maximum atomic E-state index is 9.07. The molecule has 1 aliphatic carbocycles. The molecule has 0 radical (unpaired) electrons. The molecule has 0 heterocycles. The summed E-state index contributed by atoms with van der Waals surface area (Å²) in [5, 5.41) is 9.07. The highest BCUT2D eigenvalue weighted by atomic mass is 16.3. The average Bonchev–Trinajstić information content (AvgIpc) is 1.98. The van der Waals surface area contributed by atoms with Crippen LogP contribution in [0, 0.1) is 5.92 Å². The van der Waals surface area contributed by atoms with Gasteiger partial charge >= 0.3 is 0 Å². The molecule has 1 rings (SSSR count). The summed E-state index contributed by atoms with van der Waals surface area (Å²) < 4.78 is 0. The highest BCUT2D eigenvalue weighted by Crippen LogP contribution is 2.27. The molecule has 0 aromatic heterocycles. The van der Waals surface area contributed by atoms with Crippen LogP contribution in [0.1, 0.15) is 19.3 Å². The Hall–Kier alpha value is -0.340. The van der Waals surface area contributed by atoms with Crippen molar-refractivity contribution in [2.45, 2.75) is 25.4 Å². The molecular formula is C10H19NO. The third-order valence-corrected chi connectivity index (χ3v) is 2.50. The van der Waals surface area contributed by atoms with Crippen molar-refractivity contribution in [2.75, 3.05) is 20.1 Å². The van der Waals surface area contributed by atoms with Gasteiger partial charge in [0.2, 0.25) is 0 Å². The van der Waals surface area contributed by atoms with Gasteiger partial charge in [0.25, 0.3) is 0 Å². The minimum absolute atomic E-state index is 0.0113. The number of hydrogen-bond donors (Lipinski definition) is 1. The van der Waals surface area contributed by atoms with Gasteiger partial charge in [0.15, 0.2) is 0 Å². The van der Waals surface area contributed by atoms with Crippen LogP contribution in [-0.4, -0.2) is 36.2 Å². The molecule has 0 spiro atoms. The van der Waals surface area contributed by atoms with Gasteiger partial charge in [-0.3, -0.25) is 0 Å². The van der Waals surface area contributed by atoms with E-state index < -0.39 is 0 Å². The summed E-state index contributed by atoms with van der Waals surface area (Å²) in [7, 11) is 2.13. The van der Waals surface area contributed by atoms with E-state index >= 15 is 0 Å². The molecule has 2 heteroatoms. The Balaban J connectivity index is 2.02. The van der Waals surface area contributed by atoms with Crippen molar-refractivity contribution in [1.82, 2.24) is 4.90 Å². The fraction of sp³-hybridized carbons (Fsp3) is 0.800. The van der Waals surface area contributed by atoms with E-state index in [1.807, 2.05) is 6.08 Å². The molecule has 0 atom stereocenters. The third-order valence-electron chi connectivity index (χ3n) is 2.50. The first-order chi connectivity index (χ1) is 5.72. The molecule has 0 aliphatic heterocycles. The van der Waals surface area contributed by atoms with Crippen LogP contribution < -0.4 is 0 Å². The highest BCUT2D eigenvalue weighted by Gasteiger charge is 2.27. The summed E-state index contributed by atoms with van der Waals surface area (Å²) in [6.07, 6.45) is 5.00. The van der Waals surface area contributed by atoms with Crippen LogP contribution in [0.4, 0.5) is 0 Å². The molecule has 2 nitrogen and oxygen atoms in total. The van der Waals surface area contributed by atoms with Crippen molar-refractivity contribution in [1.29, 1.82) is 0 Å². The summed E-state index contributed by atoms with van der Waals surface area (Å²) in [6, 6.07) is 0. The van der Waals surface area contributed by atoms with Crippen LogP contribution >= 0.6 is 0 Å². The normalized spacial score (nSPS) is 28.6. The predicted molar refractivity (Wildman–Crippen MR) is 51.0 cm³/mol. The van der Waals surface area contributed by atoms with Crippen LogP contribution in [-0.2, 0) is 0 Å². The molecule has 12 heavy (non-hydrogen) atoms. The molecule has 0 aromatic rings. The molecule has 1 saturated carbocycles.